The molecule has 0 aliphatic carbocycles. The van der Waals surface area contributed by atoms with Gasteiger partial charge in [-0.2, -0.15) is 0 Å². The summed E-state index contributed by atoms with van der Waals surface area (Å²) in [6, 6.07) is 10.0. The minimum Gasteiger partial charge on any atom is -0.444 e. The lowest BCUT2D eigenvalue weighted by Gasteiger charge is -2.20. The molecule has 0 aliphatic heterocycles. The van der Waals surface area contributed by atoms with Crippen molar-refractivity contribution < 1.29 is 19.4 Å². The lowest BCUT2D eigenvalue weighted by molar-refractivity contribution is 0.0485. The Bertz CT molecular complexity index is 442. The second-order valence-corrected chi connectivity index (χ2v) is 6.57. The van der Waals surface area contributed by atoms with E-state index in [0.717, 1.165) is 18.4 Å². The van der Waals surface area contributed by atoms with Gasteiger partial charge in [-0.25, -0.2) is 4.79 Å². The number of hydrogen-bond donors (Lipinski definition) is 2. The molecule has 0 aliphatic rings. The monoisotopic (exact) mass is 323 g/mol. The van der Waals surface area contributed by atoms with E-state index in [4.69, 9.17) is 9.47 Å². The van der Waals surface area contributed by atoms with Gasteiger partial charge in [-0.15, -0.1) is 0 Å². The van der Waals surface area contributed by atoms with Crippen molar-refractivity contribution in [2.75, 3.05) is 13.2 Å². The number of nitrogens with one attached hydrogen (secondary N) is 1. The minimum atomic E-state index is -0.559. The molecule has 0 radical (unpaired) electrons. The van der Waals surface area contributed by atoms with E-state index < -0.39 is 17.8 Å². The molecule has 5 heteroatoms. The summed E-state index contributed by atoms with van der Waals surface area (Å²) in [4.78, 5) is 11.4. The van der Waals surface area contributed by atoms with E-state index in [-0.39, 0.29) is 6.54 Å². The SMILES string of the molecule is CC(C)(C)OC(=O)NCC(O)CCCCOCc1ccccc1. The Morgan fingerprint density at radius 3 is 2.57 bits per heavy atom. The number of aliphatic hydroxyl groups is 1. The fourth-order valence-electron chi connectivity index (χ4n) is 1.97. The Kier molecular flexibility index (Phi) is 8.66. The molecule has 0 bridgehead atoms. The number of unbranched alkanes of at least 4 members (excludes halogenated alkanes) is 1. The molecule has 1 aromatic carbocycles. The van der Waals surface area contributed by atoms with Crippen molar-refractivity contribution in [3.8, 4) is 0 Å². The lowest BCUT2D eigenvalue weighted by atomic mass is 10.1. The van der Waals surface area contributed by atoms with Crippen molar-refractivity contribution in [2.24, 2.45) is 0 Å². The molecular formula is C18H29NO4. The molecule has 1 rings (SSSR count). The molecule has 1 amide bonds. The second kappa shape index (κ2) is 10.2. The van der Waals surface area contributed by atoms with Crippen LogP contribution in [0.2, 0.25) is 0 Å². The molecule has 2 N–H and O–H groups in total. The highest BCUT2D eigenvalue weighted by molar-refractivity contribution is 5.67. The topological polar surface area (TPSA) is 67.8 Å². The second-order valence-electron chi connectivity index (χ2n) is 6.57. The Morgan fingerprint density at radius 1 is 1.22 bits per heavy atom. The molecule has 0 heterocycles. The fourth-order valence-corrected chi connectivity index (χ4v) is 1.97. The van der Waals surface area contributed by atoms with Crippen LogP contribution in [-0.4, -0.2) is 36.1 Å². The first-order valence-electron chi connectivity index (χ1n) is 8.13. The van der Waals surface area contributed by atoms with Gasteiger partial charge in [-0.3, -0.25) is 0 Å². The fraction of sp³-hybridized carbons (Fsp3) is 0.611. The molecule has 1 atom stereocenters. The van der Waals surface area contributed by atoms with Crippen molar-refractivity contribution in [1.82, 2.24) is 5.32 Å². The van der Waals surface area contributed by atoms with Gasteiger partial charge >= 0.3 is 6.09 Å². The van der Waals surface area contributed by atoms with Crippen LogP contribution in [0.3, 0.4) is 0 Å². The summed E-state index contributed by atoms with van der Waals surface area (Å²) in [6.07, 6.45) is 1.31. The van der Waals surface area contributed by atoms with E-state index >= 15 is 0 Å². The highest BCUT2D eigenvalue weighted by Crippen LogP contribution is 2.07. The third-order valence-corrected chi connectivity index (χ3v) is 3.07. The summed E-state index contributed by atoms with van der Waals surface area (Å²) in [5.41, 5.74) is 0.639. The van der Waals surface area contributed by atoms with Crippen molar-refractivity contribution >= 4 is 6.09 Å². The molecule has 23 heavy (non-hydrogen) atoms. The van der Waals surface area contributed by atoms with Crippen LogP contribution in [0, 0.1) is 0 Å². The zero-order valence-corrected chi connectivity index (χ0v) is 14.4. The van der Waals surface area contributed by atoms with Crippen LogP contribution in [0.25, 0.3) is 0 Å². The first-order chi connectivity index (χ1) is 10.9. The summed E-state index contributed by atoms with van der Waals surface area (Å²) in [7, 11) is 0. The van der Waals surface area contributed by atoms with Gasteiger partial charge < -0.3 is 19.9 Å². The third-order valence-electron chi connectivity index (χ3n) is 3.07. The first-order valence-corrected chi connectivity index (χ1v) is 8.13. The zero-order valence-electron chi connectivity index (χ0n) is 14.4. The summed E-state index contributed by atoms with van der Waals surface area (Å²) in [6.45, 7) is 6.90. The maximum Gasteiger partial charge on any atom is 0.407 e. The molecule has 0 spiro atoms. The largest absolute Gasteiger partial charge is 0.444 e. The molecule has 130 valence electrons. The van der Waals surface area contributed by atoms with Crippen molar-refractivity contribution in [2.45, 2.75) is 58.3 Å². The van der Waals surface area contributed by atoms with Gasteiger partial charge in [0.05, 0.1) is 12.7 Å². The van der Waals surface area contributed by atoms with E-state index in [2.05, 4.69) is 5.32 Å². The van der Waals surface area contributed by atoms with Crippen LogP contribution in [-0.2, 0) is 16.1 Å². The molecular weight excluding hydrogens is 294 g/mol. The maximum absolute atomic E-state index is 11.4. The molecule has 0 saturated carbocycles. The quantitative estimate of drug-likeness (QED) is 0.685. The van der Waals surface area contributed by atoms with E-state index in [1.807, 2.05) is 30.3 Å². The van der Waals surface area contributed by atoms with Crippen LogP contribution < -0.4 is 5.32 Å². The smallest absolute Gasteiger partial charge is 0.407 e. The Balaban J connectivity index is 1.99. The number of carbonyl (C=O) groups is 1. The number of aliphatic hydroxyl groups excluding tert-OH is 1. The van der Waals surface area contributed by atoms with Crippen molar-refractivity contribution in [3.63, 3.8) is 0 Å². The van der Waals surface area contributed by atoms with Crippen LogP contribution in [0.5, 0.6) is 0 Å². The minimum absolute atomic E-state index is 0.208. The van der Waals surface area contributed by atoms with E-state index in [1.165, 1.54) is 0 Å². The Labute approximate surface area is 139 Å². The number of benzene rings is 1. The number of alkyl carbamates (subject to hydrolysis) is 1. The summed E-state index contributed by atoms with van der Waals surface area (Å²) < 4.78 is 10.7. The summed E-state index contributed by atoms with van der Waals surface area (Å²) in [5.74, 6) is 0. The van der Waals surface area contributed by atoms with Crippen LogP contribution in [0.1, 0.15) is 45.6 Å². The average molecular weight is 323 g/mol. The van der Waals surface area contributed by atoms with E-state index in [0.29, 0.717) is 19.6 Å². The molecule has 5 nitrogen and oxygen atoms in total. The number of hydrogen-bond acceptors (Lipinski definition) is 4. The van der Waals surface area contributed by atoms with E-state index in [1.54, 1.807) is 20.8 Å². The predicted molar refractivity (Wildman–Crippen MR) is 90.2 cm³/mol. The number of carbonyl (C=O) groups excluding carboxylic acids is 1. The third kappa shape index (κ3) is 10.7. The predicted octanol–water partition coefficient (Wildman–Crippen LogP) is 3.26. The van der Waals surface area contributed by atoms with Crippen LogP contribution in [0.4, 0.5) is 4.79 Å². The molecule has 1 aromatic rings. The standard InChI is InChI=1S/C18H29NO4/c1-18(2,3)23-17(21)19-13-16(20)11-7-8-12-22-14-15-9-5-4-6-10-15/h4-6,9-10,16,20H,7-8,11-14H2,1-3H3,(H,19,21). The van der Waals surface area contributed by atoms with Gasteiger partial charge in [0.1, 0.15) is 5.60 Å². The Morgan fingerprint density at radius 2 is 1.91 bits per heavy atom. The Hall–Kier alpha value is -1.59. The van der Waals surface area contributed by atoms with Crippen LogP contribution >= 0.6 is 0 Å². The molecule has 0 aromatic heterocycles. The summed E-state index contributed by atoms with van der Waals surface area (Å²) >= 11 is 0. The van der Waals surface area contributed by atoms with Gasteiger partial charge in [0, 0.05) is 13.2 Å². The average Bonchev–Trinajstić information content (AvgIpc) is 2.48. The van der Waals surface area contributed by atoms with Gasteiger partial charge in [-0.1, -0.05) is 30.3 Å². The molecule has 0 fully saturated rings. The lowest BCUT2D eigenvalue weighted by Crippen LogP contribution is -2.36. The van der Waals surface area contributed by atoms with Crippen molar-refractivity contribution in [1.29, 1.82) is 0 Å². The van der Waals surface area contributed by atoms with Gasteiger partial charge in [0.15, 0.2) is 0 Å². The molecule has 1 unspecified atom stereocenters. The number of amides is 1. The number of rotatable bonds is 9. The normalized spacial score (nSPS) is 12.7. The van der Waals surface area contributed by atoms with E-state index in [9.17, 15) is 9.90 Å². The van der Waals surface area contributed by atoms with Crippen LogP contribution in [0.15, 0.2) is 30.3 Å². The van der Waals surface area contributed by atoms with Gasteiger partial charge in [0.2, 0.25) is 0 Å². The maximum atomic E-state index is 11.4. The first kappa shape index (κ1) is 19.5. The highest BCUT2D eigenvalue weighted by Gasteiger charge is 2.16. The highest BCUT2D eigenvalue weighted by atomic mass is 16.6. The molecule has 0 saturated heterocycles. The number of ether oxygens (including phenoxy) is 2. The summed E-state index contributed by atoms with van der Waals surface area (Å²) in [5, 5.41) is 12.4. The zero-order chi connectivity index (χ0) is 17.1. The van der Waals surface area contributed by atoms with Gasteiger partial charge in [-0.05, 0) is 45.6 Å². The van der Waals surface area contributed by atoms with Gasteiger partial charge in [0.25, 0.3) is 0 Å². The van der Waals surface area contributed by atoms with Crippen molar-refractivity contribution in [3.05, 3.63) is 35.9 Å².